The molecule has 1 unspecified atom stereocenters. The molecule has 1 aromatic rings. The van der Waals surface area contributed by atoms with Crippen molar-refractivity contribution in [1.29, 1.82) is 0 Å². The highest BCUT2D eigenvalue weighted by Gasteiger charge is 2.36. The monoisotopic (exact) mass is 343 g/mol. The molecule has 1 N–H and O–H groups in total. The molecule has 4 nitrogen and oxygen atoms in total. The third kappa shape index (κ3) is 2.98. The molecular weight excluding hydrogens is 322 g/mol. The van der Waals surface area contributed by atoms with Gasteiger partial charge in [-0.25, -0.2) is 4.99 Å². The lowest BCUT2D eigenvalue weighted by molar-refractivity contribution is -0.121. The van der Waals surface area contributed by atoms with E-state index in [9.17, 15) is 4.79 Å². The Morgan fingerprint density at radius 3 is 2.62 bits per heavy atom. The number of nitrogens with zero attached hydrogens (tertiary/aromatic N) is 2. The van der Waals surface area contributed by atoms with Crippen molar-refractivity contribution in [3.05, 3.63) is 52.3 Å². The van der Waals surface area contributed by atoms with Crippen molar-refractivity contribution >= 4 is 29.0 Å². The van der Waals surface area contributed by atoms with Crippen molar-refractivity contribution in [1.82, 2.24) is 5.32 Å². The first-order valence-electron chi connectivity index (χ1n) is 8.38. The normalized spacial score (nSPS) is 20.9. The number of aliphatic imine (C=N–C) groups is 1. The molecule has 1 aromatic carbocycles. The molecule has 1 amide bonds. The summed E-state index contributed by atoms with van der Waals surface area (Å²) in [7, 11) is 0. The zero-order valence-corrected chi connectivity index (χ0v) is 15.0. The van der Waals surface area contributed by atoms with Crippen LogP contribution in [0.25, 0.3) is 0 Å². The predicted octanol–water partition coefficient (Wildman–Crippen LogP) is 4.26. The molecule has 1 saturated heterocycles. The van der Waals surface area contributed by atoms with Crippen LogP contribution in [0.1, 0.15) is 38.7 Å². The summed E-state index contributed by atoms with van der Waals surface area (Å²) in [4.78, 5) is 19.3. The van der Waals surface area contributed by atoms with Gasteiger partial charge in [-0.05, 0) is 43.9 Å². The number of allylic oxidation sites excluding steroid dienone is 2. The second kappa shape index (κ2) is 6.81. The minimum absolute atomic E-state index is 0.000606. The largest absolute Gasteiger partial charge is 0.321 e. The first kappa shape index (κ1) is 16.8. The van der Waals surface area contributed by atoms with Crippen LogP contribution in [0.3, 0.4) is 0 Å². The molecule has 0 aromatic heterocycles. The summed E-state index contributed by atoms with van der Waals surface area (Å²) in [5, 5.41) is 3.53. The Hall–Kier alpha value is -2.07. The predicted molar refractivity (Wildman–Crippen MR) is 99.2 cm³/mol. The third-order valence-corrected chi connectivity index (χ3v) is 4.87. The molecule has 0 bridgehead atoms. The van der Waals surface area contributed by atoms with E-state index in [0.717, 1.165) is 29.2 Å². The SMILES string of the molecule is CCC1=C(Cl)N=C2C(=CC1)NC(=O)C(CC)N2c1ccc(C)cc1. The van der Waals surface area contributed by atoms with Crippen molar-refractivity contribution in [3.8, 4) is 0 Å². The number of amides is 1. The molecule has 0 aliphatic carbocycles. The minimum atomic E-state index is -0.295. The Morgan fingerprint density at radius 1 is 1.29 bits per heavy atom. The molecule has 3 rings (SSSR count). The highest BCUT2D eigenvalue weighted by Crippen LogP contribution is 2.30. The smallest absolute Gasteiger partial charge is 0.247 e. The van der Waals surface area contributed by atoms with Crippen molar-refractivity contribution in [2.45, 2.75) is 46.1 Å². The molecule has 2 aliphatic heterocycles. The maximum atomic E-state index is 12.6. The Morgan fingerprint density at radius 2 is 2.00 bits per heavy atom. The molecule has 126 valence electrons. The highest BCUT2D eigenvalue weighted by molar-refractivity contribution is 6.31. The maximum absolute atomic E-state index is 12.6. The Balaban J connectivity index is 2.14. The first-order chi connectivity index (χ1) is 11.5. The summed E-state index contributed by atoms with van der Waals surface area (Å²) in [6.45, 7) is 6.12. The number of fused-ring (bicyclic) bond motifs is 1. The van der Waals surface area contributed by atoms with Crippen molar-refractivity contribution in [2.24, 2.45) is 4.99 Å². The molecule has 1 fully saturated rings. The van der Waals surface area contributed by atoms with Gasteiger partial charge >= 0.3 is 0 Å². The number of anilines is 1. The van der Waals surface area contributed by atoms with Crippen LogP contribution in [-0.2, 0) is 4.79 Å². The number of carbonyl (C=O) groups excluding carboxylic acids is 1. The second-order valence-electron chi connectivity index (χ2n) is 6.12. The first-order valence-corrected chi connectivity index (χ1v) is 8.76. The summed E-state index contributed by atoms with van der Waals surface area (Å²) in [6, 6.07) is 7.85. The highest BCUT2D eigenvalue weighted by atomic mass is 35.5. The molecule has 0 radical (unpaired) electrons. The molecule has 24 heavy (non-hydrogen) atoms. The van der Waals surface area contributed by atoms with E-state index < -0.39 is 0 Å². The van der Waals surface area contributed by atoms with Gasteiger partial charge in [0.15, 0.2) is 5.84 Å². The van der Waals surface area contributed by atoms with Crippen LogP contribution in [0, 0.1) is 6.92 Å². The summed E-state index contributed by atoms with van der Waals surface area (Å²) in [5.74, 6) is 0.720. The Labute approximate surface area is 147 Å². The van der Waals surface area contributed by atoms with E-state index in [0.29, 0.717) is 18.0 Å². The van der Waals surface area contributed by atoms with E-state index in [1.807, 2.05) is 49.1 Å². The van der Waals surface area contributed by atoms with E-state index in [-0.39, 0.29) is 11.9 Å². The lowest BCUT2D eigenvalue weighted by Gasteiger charge is -2.38. The fourth-order valence-corrected chi connectivity index (χ4v) is 3.36. The number of nitrogens with one attached hydrogen (secondary N) is 1. The molecule has 5 heteroatoms. The van der Waals surface area contributed by atoms with Crippen LogP contribution < -0.4 is 10.2 Å². The van der Waals surface area contributed by atoms with Gasteiger partial charge in [0, 0.05) is 5.69 Å². The third-order valence-electron chi connectivity index (χ3n) is 4.52. The van der Waals surface area contributed by atoms with Crippen LogP contribution in [-0.4, -0.2) is 17.8 Å². The fraction of sp³-hybridized carbons (Fsp3) is 0.368. The quantitative estimate of drug-likeness (QED) is 0.833. The molecular formula is C19H22ClN3O. The van der Waals surface area contributed by atoms with Gasteiger partial charge in [0.05, 0.1) is 5.70 Å². The Bertz CT molecular complexity index is 746. The van der Waals surface area contributed by atoms with Gasteiger partial charge in [-0.15, -0.1) is 0 Å². The number of aryl methyl sites for hydroxylation is 1. The van der Waals surface area contributed by atoms with Gasteiger partial charge in [0.25, 0.3) is 0 Å². The van der Waals surface area contributed by atoms with Gasteiger partial charge in [0.1, 0.15) is 11.2 Å². The number of benzene rings is 1. The van der Waals surface area contributed by atoms with Crippen molar-refractivity contribution in [3.63, 3.8) is 0 Å². The van der Waals surface area contributed by atoms with E-state index in [1.165, 1.54) is 5.56 Å². The van der Waals surface area contributed by atoms with Gasteiger partial charge in [-0.2, -0.15) is 0 Å². The van der Waals surface area contributed by atoms with E-state index in [2.05, 4.69) is 17.2 Å². The van der Waals surface area contributed by atoms with Crippen LogP contribution in [0.4, 0.5) is 5.69 Å². The summed E-state index contributed by atoms with van der Waals surface area (Å²) in [6.07, 6.45) is 4.25. The summed E-state index contributed by atoms with van der Waals surface area (Å²) >= 11 is 6.43. The number of halogens is 1. The molecule has 1 atom stereocenters. The van der Waals surface area contributed by atoms with Crippen molar-refractivity contribution < 1.29 is 4.79 Å². The zero-order chi connectivity index (χ0) is 17.3. The number of piperazine rings is 1. The van der Waals surface area contributed by atoms with E-state index in [4.69, 9.17) is 11.6 Å². The molecule has 2 heterocycles. The minimum Gasteiger partial charge on any atom is -0.321 e. The lowest BCUT2D eigenvalue weighted by Crippen LogP contribution is -2.57. The van der Waals surface area contributed by atoms with Gasteiger partial charge < -0.3 is 10.2 Å². The molecule has 0 spiro atoms. The van der Waals surface area contributed by atoms with E-state index in [1.54, 1.807) is 0 Å². The Kier molecular flexibility index (Phi) is 4.76. The lowest BCUT2D eigenvalue weighted by atomic mass is 10.0. The van der Waals surface area contributed by atoms with E-state index >= 15 is 0 Å². The summed E-state index contributed by atoms with van der Waals surface area (Å²) in [5.41, 5.74) is 3.96. The standard InChI is InChI=1S/C19H22ClN3O/c1-4-13-8-11-15-18(22-17(13)20)23(16(5-2)19(24)21-15)14-9-6-12(3)7-10-14/h6-7,9-11,16H,4-5,8H2,1-3H3,(H,21,24). The van der Waals surface area contributed by atoms with Crippen molar-refractivity contribution in [2.75, 3.05) is 4.90 Å². The number of hydrogen-bond donors (Lipinski definition) is 1. The number of hydrogen-bond acceptors (Lipinski definition) is 3. The van der Waals surface area contributed by atoms with Crippen LogP contribution in [0.2, 0.25) is 0 Å². The van der Waals surface area contributed by atoms with Crippen LogP contribution in [0.5, 0.6) is 0 Å². The molecule has 2 aliphatic rings. The fourth-order valence-electron chi connectivity index (χ4n) is 3.07. The van der Waals surface area contributed by atoms with Crippen LogP contribution in [0.15, 0.2) is 51.8 Å². The zero-order valence-electron chi connectivity index (χ0n) is 14.3. The van der Waals surface area contributed by atoms with Crippen LogP contribution >= 0.6 is 11.6 Å². The number of rotatable bonds is 3. The summed E-state index contributed by atoms with van der Waals surface area (Å²) < 4.78 is 0. The maximum Gasteiger partial charge on any atom is 0.247 e. The van der Waals surface area contributed by atoms with Gasteiger partial charge in [0.2, 0.25) is 5.91 Å². The van der Waals surface area contributed by atoms with Gasteiger partial charge in [-0.3, -0.25) is 4.79 Å². The second-order valence-corrected chi connectivity index (χ2v) is 6.48. The average molecular weight is 344 g/mol. The topological polar surface area (TPSA) is 44.7 Å². The number of carbonyl (C=O) groups is 1. The number of amidine groups is 1. The molecule has 0 saturated carbocycles. The average Bonchev–Trinajstić information content (AvgIpc) is 2.72. The van der Waals surface area contributed by atoms with Gasteiger partial charge in [-0.1, -0.05) is 49.2 Å².